The zero-order valence-electron chi connectivity index (χ0n) is 12.2. The van der Waals surface area contributed by atoms with Gasteiger partial charge in [-0.3, -0.25) is 4.79 Å². The number of ether oxygens (including phenoxy) is 1. The van der Waals surface area contributed by atoms with Crippen molar-refractivity contribution in [3.05, 3.63) is 52.6 Å². The van der Waals surface area contributed by atoms with Crippen LogP contribution in [0.3, 0.4) is 0 Å². The molecule has 2 rings (SSSR count). The van der Waals surface area contributed by atoms with E-state index in [0.29, 0.717) is 16.9 Å². The topological polar surface area (TPSA) is 31.2 Å². The molecule has 106 valence electrons. The van der Waals surface area contributed by atoms with Crippen LogP contribution < -0.4 is 4.74 Å². The van der Waals surface area contributed by atoms with E-state index in [1.165, 1.54) is 12.1 Å². The number of carbonyl (C=O) groups is 1. The lowest BCUT2D eigenvalue weighted by Gasteiger charge is -2.07. The summed E-state index contributed by atoms with van der Waals surface area (Å²) in [6.07, 6.45) is 0. The average molecular weight is 275 g/mol. The van der Waals surface area contributed by atoms with Crippen LogP contribution in [0.25, 0.3) is 0 Å². The molecule has 0 saturated carbocycles. The minimum absolute atomic E-state index is 0.0463. The molecule has 0 atom stereocenters. The molecule has 1 aromatic carbocycles. The van der Waals surface area contributed by atoms with Gasteiger partial charge in [-0.15, -0.1) is 0 Å². The molecule has 0 aliphatic heterocycles. The predicted octanol–water partition coefficient (Wildman–Crippen LogP) is 3.35. The van der Waals surface area contributed by atoms with E-state index < -0.39 is 0 Å². The molecule has 4 heteroatoms. The smallest absolute Gasteiger partial charge is 0.202 e. The quantitative estimate of drug-likeness (QED) is 0.801. The fraction of sp³-hybridized carbons (Fsp3) is 0.312. The Morgan fingerprint density at radius 1 is 1.25 bits per heavy atom. The van der Waals surface area contributed by atoms with Gasteiger partial charge in [0.15, 0.2) is 6.61 Å². The van der Waals surface area contributed by atoms with E-state index in [9.17, 15) is 9.18 Å². The second kappa shape index (κ2) is 5.49. The predicted molar refractivity (Wildman–Crippen MR) is 75.8 cm³/mol. The highest BCUT2D eigenvalue weighted by Crippen LogP contribution is 2.18. The molecule has 2 aromatic rings. The number of benzene rings is 1. The molecule has 0 radical (unpaired) electrons. The maximum Gasteiger partial charge on any atom is 0.202 e. The van der Waals surface area contributed by atoms with Gasteiger partial charge in [-0.05, 0) is 50.6 Å². The molecule has 0 N–H and O–H groups in total. The van der Waals surface area contributed by atoms with Crippen LogP contribution in [-0.4, -0.2) is 17.0 Å². The lowest BCUT2D eigenvalue weighted by Crippen LogP contribution is -2.12. The van der Waals surface area contributed by atoms with Gasteiger partial charge in [-0.2, -0.15) is 0 Å². The zero-order valence-corrected chi connectivity index (χ0v) is 12.2. The summed E-state index contributed by atoms with van der Waals surface area (Å²) in [5.74, 6) is 0.147. The van der Waals surface area contributed by atoms with Crippen molar-refractivity contribution in [1.82, 2.24) is 4.57 Å². The molecule has 0 fully saturated rings. The van der Waals surface area contributed by atoms with Gasteiger partial charge in [0, 0.05) is 24.0 Å². The SMILES string of the molecule is Cc1cc(OCC(=O)c2cc(C)n(C)c2C)ccc1F. The minimum Gasteiger partial charge on any atom is -0.485 e. The summed E-state index contributed by atoms with van der Waals surface area (Å²) in [6, 6.07) is 6.31. The van der Waals surface area contributed by atoms with Crippen molar-refractivity contribution in [2.45, 2.75) is 20.8 Å². The third-order valence-corrected chi connectivity index (χ3v) is 3.57. The largest absolute Gasteiger partial charge is 0.485 e. The van der Waals surface area contributed by atoms with Crippen molar-refractivity contribution in [2.75, 3.05) is 6.61 Å². The van der Waals surface area contributed by atoms with Gasteiger partial charge >= 0.3 is 0 Å². The molecule has 0 bridgehead atoms. The molecule has 1 heterocycles. The highest BCUT2D eigenvalue weighted by Gasteiger charge is 2.14. The number of nitrogens with zero attached hydrogens (tertiary/aromatic N) is 1. The molecule has 0 aliphatic rings. The van der Waals surface area contributed by atoms with Crippen LogP contribution in [0.2, 0.25) is 0 Å². The van der Waals surface area contributed by atoms with Crippen LogP contribution in [0.1, 0.15) is 27.3 Å². The van der Waals surface area contributed by atoms with Crippen molar-refractivity contribution >= 4 is 5.78 Å². The Morgan fingerprint density at radius 2 is 1.95 bits per heavy atom. The summed E-state index contributed by atoms with van der Waals surface area (Å²) in [5.41, 5.74) is 3.13. The van der Waals surface area contributed by atoms with Crippen molar-refractivity contribution in [3.8, 4) is 5.75 Å². The van der Waals surface area contributed by atoms with E-state index in [4.69, 9.17) is 4.74 Å². The molecular formula is C16H18FNO2. The standard InChI is InChI=1S/C16H18FNO2/c1-10-7-13(5-6-15(10)17)20-9-16(19)14-8-11(2)18(4)12(14)3/h5-8H,9H2,1-4H3. The van der Waals surface area contributed by atoms with E-state index >= 15 is 0 Å². The molecule has 0 spiro atoms. The average Bonchev–Trinajstić information content (AvgIpc) is 2.67. The number of aryl methyl sites for hydroxylation is 2. The monoisotopic (exact) mass is 275 g/mol. The summed E-state index contributed by atoms with van der Waals surface area (Å²) in [5, 5.41) is 0. The molecule has 0 saturated heterocycles. The van der Waals surface area contributed by atoms with Crippen LogP contribution in [0, 0.1) is 26.6 Å². The van der Waals surface area contributed by atoms with Gasteiger partial charge in [0.25, 0.3) is 0 Å². The Kier molecular flexibility index (Phi) is 3.93. The first-order valence-corrected chi connectivity index (χ1v) is 6.45. The molecule has 0 aliphatic carbocycles. The number of aromatic nitrogens is 1. The van der Waals surface area contributed by atoms with Crippen LogP contribution in [0.4, 0.5) is 4.39 Å². The number of rotatable bonds is 4. The summed E-state index contributed by atoms with van der Waals surface area (Å²) in [4.78, 5) is 12.1. The van der Waals surface area contributed by atoms with E-state index in [-0.39, 0.29) is 18.2 Å². The Bertz CT molecular complexity index is 659. The molecule has 3 nitrogen and oxygen atoms in total. The molecule has 0 amide bonds. The first-order valence-electron chi connectivity index (χ1n) is 6.45. The maximum absolute atomic E-state index is 13.1. The van der Waals surface area contributed by atoms with Crippen molar-refractivity contribution in [3.63, 3.8) is 0 Å². The summed E-state index contributed by atoms with van der Waals surface area (Å²) < 4.78 is 20.5. The Balaban J connectivity index is 2.08. The van der Waals surface area contributed by atoms with Crippen molar-refractivity contribution in [1.29, 1.82) is 0 Å². The van der Waals surface area contributed by atoms with Gasteiger partial charge in [0.05, 0.1) is 0 Å². The molecule has 1 aromatic heterocycles. The summed E-state index contributed by atoms with van der Waals surface area (Å²) >= 11 is 0. The van der Waals surface area contributed by atoms with Crippen molar-refractivity contribution < 1.29 is 13.9 Å². The Hall–Kier alpha value is -2.10. The van der Waals surface area contributed by atoms with E-state index in [0.717, 1.165) is 11.4 Å². The fourth-order valence-electron chi connectivity index (χ4n) is 2.07. The fourth-order valence-corrected chi connectivity index (χ4v) is 2.07. The number of hydrogen-bond donors (Lipinski definition) is 0. The van der Waals surface area contributed by atoms with E-state index in [1.807, 2.05) is 31.5 Å². The maximum atomic E-state index is 13.1. The first-order chi connectivity index (χ1) is 9.40. The second-order valence-electron chi connectivity index (χ2n) is 4.97. The van der Waals surface area contributed by atoms with Gasteiger partial charge in [-0.25, -0.2) is 4.39 Å². The number of hydrogen-bond acceptors (Lipinski definition) is 2. The highest BCUT2D eigenvalue weighted by atomic mass is 19.1. The lowest BCUT2D eigenvalue weighted by molar-refractivity contribution is 0.0920. The number of halogens is 1. The first kappa shape index (κ1) is 14.3. The third kappa shape index (κ3) is 2.74. The van der Waals surface area contributed by atoms with Gasteiger partial charge in [0.2, 0.25) is 5.78 Å². The normalized spacial score (nSPS) is 10.7. The van der Waals surface area contributed by atoms with Gasteiger partial charge in [0.1, 0.15) is 11.6 Å². The third-order valence-electron chi connectivity index (χ3n) is 3.57. The number of carbonyl (C=O) groups excluding carboxylic acids is 1. The van der Waals surface area contributed by atoms with Gasteiger partial charge in [-0.1, -0.05) is 0 Å². The van der Waals surface area contributed by atoms with E-state index in [2.05, 4.69) is 0 Å². The lowest BCUT2D eigenvalue weighted by atomic mass is 10.1. The second-order valence-corrected chi connectivity index (χ2v) is 4.97. The Labute approximate surface area is 118 Å². The van der Waals surface area contributed by atoms with Crippen LogP contribution >= 0.6 is 0 Å². The highest BCUT2D eigenvalue weighted by molar-refractivity contribution is 5.98. The van der Waals surface area contributed by atoms with Gasteiger partial charge < -0.3 is 9.30 Å². The molecular weight excluding hydrogens is 257 g/mol. The summed E-state index contributed by atoms with van der Waals surface area (Å²) in [6.45, 7) is 5.47. The summed E-state index contributed by atoms with van der Waals surface area (Å²) in [7, 11) is 1.92. The van der Waals surface area contributed by atoms with Crippen LogP contribution in [-0.2, 0) is 7.05 Å². The minimum atomic E-state index is -0.279. The zero-order chi connectivity index (χ0) is 14.9. The molecule has 0 unspecified atom stereocenters. The number of Topliss-reactive ketones (excluding diaryl/α,β-unsaturated/α-hetero) is 1. The van der Waals surface area contributed by atoms with Crippen LogP contribution in [0.5, 0.6) is 5.75 Å². The van der Waals surface area contributed by atoms with Crippen molar-refractivity contribution in [2.24, 2.45) is 7.05 Å². The number of ketones is 1. The van der Waals surface area contributed by atoms with Crippen LogP contribution in [0.15, 0.2) is 24.3 Å². The Morgan fingerprint density at radius 3 is 2.50 bits per heavy atom. The molecule has 20 heavy (non-hydrogen) atoms. The van der Waals surface area contributed by atoms with E-state index in [1.54, 1.807) is 13.0 Å².